The molecule has 7 heteroatoms. The average molecular weight is 351 g/mol. The third-order valence-electron chi connectivity index (χ3n) is 3.82. The lowest BCUT2D eigenvalue weighted by atomic mass is 9.86. The van der Waals surface area contributed by atoms with Gasteiger partial charge in [-0.05, 0) is 51.7 Å². The van der Waals surface area contributed by atoms with Gasteiger partial charge in [-0.3, -0.25) is 4.79 Å². The van der Waals surface area contributed by atoms with Crippen molar-refractivity contribution in [3.63, 3.8) is 0 Å². The normalized spacial score (nSPS) is 11.2. The third kappa shape index (κ3) is 4.24. The van der Waals surface area contributed by atoms with Gasteiger partial charge < -0.3 is 10.1 Å². The quantitative estimate of drug-likeness (QED) is 0.764. The minimum Gasteiger partial charge on any atom is -0.483 e. The highest BCUT2D eigenvalue weighted by Gasteiger charge is 2.18. The van der Waals surface area contributed by atoms with Gasteiger partial charge in [0, 0.05) is 5.69 Å². The lowest BCUT2D eigenvalue weighted by Crippen LogP contribution is -2.22. The van der Waals surface area contributed by atoms with Crippen LogP contribution < -0.4 is 10.1 Å². The number of benzene rings is 2. The number of anilines is 1. The third-order valence-corrected chi connectivity index (χ3v) is 3.82. The van der Waals surface area contributed by atoms with E-state index in [2.05, 4.69) is 41.6 Å². The van der Waals surface area contributed by atoms with Gasteiger partial charge in [-0.15, -0.1) is 5.10 Å². The highest BCUT2D eigenvalue weighted by Crippen LogP contribution is 2.30. The summed E-state index contributed by atoms with van der Waals surface area (Å²) in [6.45, 7) is 6.28. The van der Waals surface area contributed by atoms with Crippen molar-refractivity contribution in [3.05, 3.63) is 60.4 Å². The van der Waals surface area contributed by atoms with Crippen LogP contribution in [0.4, 0.5) is 5.69 Å². The topological polar surface area (TPSA) is 81.9 Å². The number of carbonyl (C=O) groups is 1. The zero-order valence-corrected chi connectivity index (χ0v) is 15.0. The summed E-state index contributed by atoms with van der Waals surface area (Å²) in [5.41, 5.74) is 2.50. The van der Waals surface area contributed by atoms with Crippen LogP contribution in [0.3, 0.4) is 0 Å². The number of amides is 1. The molecule has 3 rings (SSSR count). The number of aromatic nitrogens is 4. The van der Waals surface area contributed by atoms with E-state index in [0.717, 1.165) is 17.0 Å². The van der Waals surface area contributed by atoms with Crippen molar-refractivity contribution in [1.82, 2.24) is 20.2 Å². The number of hydrogen-bond acceptors (Lipinski definition) is 5. The Bertz CT molecular complexity index is 868. The van der Waals surface area contributed by atoms with Crippen molar-refractivity contribution in [2.75, 3.05) is 11.9 Å². The molecule has 7 nitrogen and oxygen atoms in total. The molecular formula is C19H21N5O2. The summed E-state index contributed by atoms with van der Waals surface area (Å²) in [5, 5.41) is 13.8. The van der Waals surface area contributed by atoms with E-state index in [4.69, 9.17) is 4.74 Å². The Labute approximate surface area is 152 Å². The first-order valence-electron chi connectivity index (χ1n) is 8.29. The number of tetrazole rings is 1. The molecule has 0 aliphatic heterocycles. The number of nitrogens with one attached hydrogen (secondary N) is 1. The second-order valence-corrected chi connectivity index (χ2v) is 6.88. The molecule has 1 aromatic heterocycles. The number of rotatable bonds is 5. The molecular weight excluding hydrogens is 330 g/mol. The van der Waals surface area contributed by atoms with Crippen LogP contribution in [0, 0.1) is 0 Å². The predicted octanol–water partition coefficient (Wildman–Crippen LogP) is 2.98. The summed E-state index contributed by atoms with van der Waals surface area (Å²) in [5.74, 6) is 0.507. The minimum atomic E-state index is -0.219. The van der Waals surface area contributed by atoms with E-state index in [9.17, 15) is 4.79 Å². The van der Waals surface area contributed by atoms with Gasteiger partial charge in [0.2, 0.25) is 0 Å². The fourth-order valence-electron chi connectivity index (χ4n) is 2.53. The van der Waals surface area contributed by atoms with E-state index in [1.165, 1.54) is 11.0 Å². The highest BCUT2D eigenvalue weighted by atomic mass is 16.5. The van der Waals surface area contributed by atoms with Crippen molar-refractivity contribution >= 4 is 11.6 Å². The van der Waals surface area contributed by atoms with E-state index in [0.29, 0.717) is 5.69 Å². The Balaban J connectivity index is 1.60. The van der Waals surface area contributed by atoms with E-state index in [-0.39, 0.29) is 17.9 Å². The molecule has 3 aromatic rings. The van der Waals surface area contributed by atoms with Crippen molar-refractivity contribution in [2.24, 2.45) is 0 Å². The highest BCUT2D eigenvalue weighted by molar-refractivity contribution is 5.91. The molecule has 0 unspecified atom stereocenters. The second kappa shape index (κ2) is 7.35. The molecule has 1 N–H and O–H groups in total. The molecule has 0 radical (unpaired) electrons. The Hall–Kier alpha value is -3.22. The second-order valence-electron chi connectivity index (χ2n) is 6.88. The molecule has 0 atom stereocenters. The maximum atomic E-state index is 12.2. The summed E-state index contributed by atoms with van der Waals surface area (Å²) in [6.07, 6.45) is 1.51. The molecule has 0 saturated heterocycles. The first-order chi connectivity index (χ1) is 12.4. The van der Waals surface area contributed by atoms with Crippen LogP contribution in [-0.4, -0.2) is 32.7 Å². The molecule has 0 aliphatic carbocycles. The van der Waals surface area contributed by atoms with Crippen molar-refractivity contribution < 1.29 is 9.53 Å². The molecule has 0 fully saturated rings. The lowest BCUT2D eigenvalue weighted by molar-refractivity contribution is -0.118. The van der Waals surface area contributed by atoms with Gasteiger partial charge in [0.15, 0.2) is 6.61 Å². The SMILES string of the molecule is CC(C)(C)c1ccccc1OCC(=O)Nc1ccc(-n2cnnn2)cc1. The largest absolute Gasteiger partial charge is 0.483 e. The van der Waals surface area contributed by atoms with Crippen LogP contribution in [-0.2, 0) is 10.2 Å². The van der Waals surface area contributed by atoms with E-state index >= 15 is 0 Å². The zero-order valence-electron chi connectivity index (χ0n) is 15.0. The van der Waals surface area contributed by atoms with E-state index in [1.54, 1.807) is 12.1 Å². The zero-order chi connectivity index (χ0) is 18.6. The Morgan fingerprint density at radius 1 is 1.12 bits per heavy atom. The first kappa shape index (κ1) is 17.6. The molecule has 134 valence electrons. The van der Waals surface area contributed by atoms with Gasteiger partial charge in [-0.1, -0.05) is 39.0 Å². The van der Waals surface area contributed by atoms with Crippen molar-refractivity contribution in [2.45, 2.75) is 26.2 Å². The summed E-state index contributed by atoms with van der Waals surface area (Å²) in [6, 6.07) is 15.0. The maximum absolute atomic E-state index is 12.2. The first-order valence-corrected chi connectivity index (χ1v) is 8.29. The predicted molar refractivity (Wildman–Crippen MR) is 98.4 cm³/mol. The molecule has 0 aliphatic rings. The minimum absolute atomic E-state index is 0.0537. The van der Waals surface area contributed by atoms with Gasteiger partial charge >= 0.3 is 0 Å². The average Bonchev–Trinajstić information content (AvgIpc) is 3.15. The van der Waals surface area contributed by atoms with Crippen LogP contribution in [0.1, 0.15) is 26.3 Å². The van der Waals surface area contributed by atoms with Crippen molar-refractivity contribution in [3.8, 4) is 11.4 Å². The Kier molecular flexibility index (Phi) is 4.97. The summed E-state index contributed by atoms with van der Waals surface area (Å²) in [7, 11) is 0. The van der Waals surface area contributed by atoms with Crippen LogP contribution in [0.2, 0.25) is 0 Å². The Morgan fingerprint density at radius 2 is 1.85 bits per heavy atom. The number of nitrogens with zero attached hydrogens (tertiary/aromatic N) is 4. The number of hydrogen-bond donors (Lipinski definition) is 1. The Morgan fingerprint density at radius 3 is 2.50 bits per heavy atom. The molecule has 2 aromatic carbocycles. The molecule has 1 heterocycles. The fraction of sp³-hybridized carbons (Fsp3) is 0.263. The summed E-state index contributed by atoms with van der Waals surface area (Å²) in [4.78, 5) is 12.2. The van der Waals surface area contributed by atoms with Gasteiger partial charge in [0.25, 0.3) is 5.91 Å². The smallest absolute Gasteiger partial charge is 0.262 e. The monoisotopic (exact) mass is 351 g/mol. The fourth-order valence-corrected chi connectivity index (χ4v) is 2.53. The lowest BCUT2D eigenvalue weighted by Gasteiger charge is -2.22. The molecule has 0 saturated carbocycles. The number of ether oxygens (including phenoxy) is 1. The van der Waals surface area contributed by atoms with Gasteiger partial charge in [-0.25, -0.2) is 4.68 Å². The van der Waals surface area contributed by atoms with Crippen LogP contribution >= 0.6 is 0 Å². The van der Waals surface area contributed by atoms with Gasteiger partial charge in [0.1, 0.15) is 12.1 Å². The molecule has 26 heavy (non-hydrogen) atoms. The van der Waals surface area contributed by atoms with Crippen LogP contribution in [0.25, 0.3) is 5.69 Å². The molecule has 0 spiro atoms. The standard InChI is InChI=1S/C19H21N5O2/c1-19(2,3)16-6-4-5-7-17(16)26-12-18(25)21-14-8-10-15(11-9-14)24-13-20-22-23-24/h4-11,13H,12H2,1-3H3,(H,21,25). The molecule has 0 bridgehead atoms. The summed E-state index contributed by atoms with van der Waals surface area (Å²) >= 11 is 0. The number of carbonyl (C=O) groups excluding carboxylic acids is 1. The maximum Gasteiger partial charge on any atom is 0.262 e. The van der Waals surface area contributed by atoms with Crippen molar-refractivity contribution in [1.29, 1.82) is 0 Å². The summed E-state index contributed by atoms with van der Waals surface area (Å²) < 4.78 is 7.28. The van der Waals surface area contributed by atoms with E-state index < -0.39 is 0 Å². The van der Waals surface area contributed by atoms with Crippen LogP contribution in [0.5, 0.6) is 5.75 Å². The van der Waals surface area contributed by atoms with E-state index in [1.807, 2.05) is 36.4 Å². The van der Waals surface area contributed by atoms with Gasteiger partial charge in [0.05, 0.1) is 5.69 Å². The van der Waals surface area contributed by atoms with Crippen LogP contribution in [0.15, 0.2) is 54.9 Å². The molecule has 1 amide bonds. The van der Waals surface area contributed by atoms with Gasteiger partial charge in [-0.2, -0.15) is 0 Å². The number of para-hydroxylation sites is 1.